The number of para-hydroxylation sites is 1. The topological polar surface area (TPSA) is 89.6 Å². The van der Waals surface area contributed by atoms with E-state index in [-0.39, 0.29) is 5.91 Å². The maximum absolute atomic E-state index is 13.0. The number of amides is 2. The number of primary amides is 1. The molecule has 1 aromatic heterocycles. The van der Waals surface area contributed by atoms with Gasteiger partial charge in [-0.1, -0.05) is 18.2 Å². The minimum atomic E-state index is -0.496. The molecule has 0 unspecified atom stereocenters. The second-order valence-electron chi connectivity index (χ2n) is 5.91. The molecule has 0 spiro atoms. The van der Waals surface area contributed by atoms with Crippen molar-refractivity contribution in [3.8, 4) is 0 Å². The molecular weight excluding hydrogens is 308 g/mol. The molecule has 7 heteroatoms. The lowest BCUT2D eigenvalue weighted by atomic mass is 10.1. The third-order valence-corrected chi connectivity index (χ3v) is 4.36. The second kappa shape index (κ2) is 7.02. The lowest BCUT2D eigenvalue weighted by molar-refractivity contribution is -0.120. The van der Waals surface area contributed by atoms with E-state index in [4.69, 9.17) is 10.5 Å². The van der Waals surface area contributed by atoms with E-state index in [0.717, 1.165) is 10.9 Å². The van der Waals surface area contributed by atoms with Gasteiger partial charge in [-0.05, 0) is 6.07 Å². The number of methoxy groups -OCH3 is 1. The van der Waals surface area contributed by atoms with Crippen LogP contribution in [-0.4, -0.2) is 60.7 Å². The molecule has 2 aromatic rings. The van der Waals surface area contributed by atoms with Gasteiger partial charge in [0.25, 0.3) is 5.91 Å². The zero-order valence-electron chi connectivity index (χ0n) is 13.7. The summed E-state index contributed by atoms with van der Waals surface area (Å²) in [7, 11) is 1.66. The highest BCUT2D eigenvalue weighted by Crippen LogP contribution is 2.23. The van der Waals surface area contributed by atoms with Gasteiger partial charge in [0.1, 0.15) is 6.04 Å². The monoisotopic (exact) mass is 330 g/mol. The van der Waals surface area contributed by atoms with E-state index in [1.54, 1.807) is 12.0 Å². The zero-order valence-corrected chi connectivity index (χ0v) is 13.7. The number of ether oxygens (including phenoxy) is 1. The molecule has 0 aliphatic carbocycles. The standard InChI is InChI=1S/C17H22N4O3/c1-24-9-8-20-10-13(12-4-2-3-5-15(12)20)17(23)21-7-6-19-14(11-21)16(18)22/h2-5,10,14,19H,6-9,11H2,1H3,(H2,18,22)/t14-/m1/s1. The second-order valence-corrected chi connectivity index (χ2v) is 5.91. The van der Waals surface area contributed by atoms with Gasteiger partial charge < -0.3 is 25.3 Å². The first-order valence-electron chi connectivity index (χ1n) is 8.00. The summed E-state index contributed by atoms with van der Waals surface area (Å²) in [6.45, 7) is 2.66. The Morgan fingerprint density at radius 1 is 1.38 bits per heavy atom. The van der Waals surface area contributed by atoms with Crippen LogP contribution in [0.4, 0.5) is 0 Å². The number of benzene rings is 1. The fourth-order valence-electron chi connectivity index (χ4n) is 3.09. The van der Waals surface area contributed by atoms with Crippen molar-refractivity contribution in [3.63, 3.8) is 0 Å². The van der Waals surface area contributed by atoms with Crippen molar-refractivity contribution in [1.82, 2.24) is 14.8 Å². The number of fused-ring (bicyclic) bond motifs is 1. The maximum atomic E-state index is 13.0. The number of rotatable bonds is 5. The van der Waals surface area contributed by atoms with E-state index in [1.807, 2.05) is 35.0 Å². The van der Waals surface area contributed by atoms with Crippen LogP contribution < -0.4 is 11.1 Å². The summed E-state index contributed by atoms with van der Waals surface area (Å²) in [6.07, 6.45) is 1.87. The van der Waals surface area contributed by atoms with Gasteiger partial charge in [-0.2, -0.15) is 0 Å². The van der Waals surface area contributed by atoms with Gasteiger partial charge in [0, 0.05) is 50.4 Å². The Morgan fingerprint density at radius 2 is 2.17 bits per heavy atom. The van der Waals surface area contributed by atoms with E-state index >= 15 is 0 Å². The van der Waals surface area contributed by atoms with Gasteiger partial charge in [0.2, 0.25) is 5.91 Å². The lowest BCUT2D eigenvalue weighted by Crippen LogP contribution is -2.57. The van der Waals surface area contributed by atoms with Crippen molar-refractivity contribution in [2.45, 2.75) is 12.6 Å². The highest BCUT2D eigenvalue weighted by atomic mass is 16.5. The summed E-state index contributed by atoms with van der Waals surface area (Å²) in [6, 6.07) is 7.31. The van der Waals surface area contributed by atoms with Crippen molar-refractivity contribution in [1.29, 1.82) is 0 Å². The molecule has 3 N–H and O–H groups in total. The first-order valence-corrected chi connectivity index (χ1v) is 8.00. The molecule has 128 valence electrons. The predicted molar refractivity (Wildman–Crippen MR) is 90.7 cm³/mol. The Labute approximate surface area is 140 Å². The molecule has 0 radical (unpaired) electrons. The van der Waals surface area contributed by atoms with Crippen LogP contribution in [0.3, 0.4) is 0 Å². The maximum Gasteiger partial charge on any atom is 0.256 e. The molecule has 1 aromatic carbocycles. The Morgan fingerprint density at radius 3 is 2.92 bits per heavy atom. The Bertz CT molecular complexity index is 755. The third-order valence-electron chi connectivity index (χ3n) is 4.36. The van der Waals surface area contributed by atoms with Crippen LogP contribution in [-0.2, 0) is 16.1 Å². The summed E-state index contributed by atoms with van der Waals surface area (Å²) in [5.74, 6) is -0.509. The van der Waals surface area contributed by atoms with Crippen molar-refractivity contribution in [2.24, 2.45) is 5.73 Å². The SMILES string of the molecule is COCCn1cc(C(=O)N2CCN[C@@H](C(N)=O)C2)c2ccccc21. The average Bonchev–Trinajstić information content (AvgIpc) is 2.98. The van der Waals surface area contributed by atoms with Gasteiger partial charge in [0.05, 0.1) is 12.2 Å². The van der Waals surface area contributed by atoms with Gasteiger partial charge in [-0.15, -0.1) is 0 Å². The third kappa shape index (κ3) is 3.13. The lowest BCUT2D eigenvalue weighted by Gasteiger charge is -2.32. The Kier molecular flexibility index (Phi) is 4.82. The largest absolute Gasteiger partial charge is 0.383 e. The quantitative estimate of drug-likeness (QED) is 0.819. The predicted octanol–water partition coefficient (Wildman–Crippen LogP) is 0.187. The molecule has 0 bridgehead atoms. The molecule has 1 aliphatic heterocycles. The highest BCUT2D eigenvalue weighted by molar-refractivity contribution is 6.07. The van der Waals surface area contributed by atoms with Crippen LogP contribution >= 0.6 is 0 Å². The fraction of sp³-hybridized carbons (Fsp3) is 0.412. The van der Waals surface area contributed by atoms with E-state index in [9.17, 15) is 9.59 Å². The van der Waals surface area contributed by atoms with Gasteiger partial charge in [0.15, 0.2) is 0 Å². The Balaban J connectivity index is 1.90. The van der Waals surface area contributed by atoms with E-state index in [0.29, 0.717) is 38.3 Å². The summed E-state index contributed by atoms with van der Waals surface area (Å²) in [5.41, 5.74) is 7.01. The molecule has 24 heavy (non-hydrogen) atoms. The summed E-state index contributed by atoms with van der Waals surface area (Å²) in [4.78, 5) is 26.1. The number of nitrogens with zero attached hydrogens (tertiary/aromatic N) is 2. The van der Waals surface area contributed by atoms with Gasteiger partial charge >= 0.3 is 0 Å². The minimum Gasteiger partial charge on any atom is -0.383 e. The molecule has 2 heterocycles. The number of piperazine rings is 1. The summed E-state index contributed by atoms with van der Waals surface area (Å²) >= 11 is 0. The molecule has 3 rings (SSSR count). The van der Waals surface area contributed by atoms with Gasteiger partial charge in [-0.3, -0.25) is 9.59 Å². The number of carbonyl (C=O) groups excluding carboxylic acids is 2. The van der Waals surface area contributed by atoms with E-state index in [1.165, 1.54) is 0 Å². The number of nitrogens with two attached hydrogens (primary N) is 1. The number of nitrogens with one attached hydrogen (secondary N) is 1. The summed E-state index contributed by atoms with van der Waals surface area (Å²) < 4.78 is 7.17. The molecule has 7 nitrogen and oxygen atoms in total. The first-order chi connectivity index (χ1) is 11.6. The number of carbonyl (C=O) groups is 2. The molecule has 1 fully saturated rings. The van der Waals surface area contributed by atoms with E-state index < -0.39 is 11.9 Å². The first kappa shape index (κ1) is 16.5. The molecule has 0 saturated carbocycles. The smallest absolute Gasteiger partial charge is 0.256 e. The zero-order chi connectivity index (χ0) is 17.1. The van der Waals surface area contributed by atoms with Crippen LogP contribution in [0.15, 0.2) is 30.5 Å². The van der Waals surface area contributed by atoms with Crippen LogP contribution in [0.2, 0.25) is 0 Å². The fourth-order valence-corrected chi connectivity index (χ4v) is 3.09. The number of hydrogen-bond donors (Lipinski definition) is 2. The van der Waals surface area contributed by atoms with Crippen LogP contribution in [0, 0.1) is 0 Å². The van der Waals surface area contributed by atoms with Crippen molar-refractivity contribution < 1.29 is 14.3 Å². The average molecular weight is 330 g/mol. The molecule has 1 atom stereocenters. The normalized spacial score (nSPS) is 18.0. The highest BCUT2D eigenvalue weighted by Gasteiger charge is 2.28. The van der Waals surface area contributed by atoms with Crippen LogP contribution in [0.5, 0.6) is 0 Å². The minimum absolute atomic E-state index is 0.0740. The van der Waals surface area contributed by atoms with Crippen molar-refractivity contribution >= 4 is 22.7 Å². The van der Waals surface area contributed by atoms with Gasteiger partial charge in [-0.25, -0.2) is 0 Å². The van der Waals surface area contributed by atoms with Crippen molar-refractivity contribution in [2.75, 3.05) is 33.4 Å². The molecule has 1 aliphatic rings. The molecule has 1 saturated heterocycles. The van der Waals surface area contributed by atoms with Crippen molar-refractivity contribution in [3.05, 3.63) is 36.0 Å². The number of hydrogen-bond acceptors (Lipinski definition) is 4. The van der Waals surface area contributed by atoms with E-state index in [2.05, 4.69) is 5.32 Å². The Hall–Kier alpha value is -2.38. The molecule has 2 amide bonds. The van der Waals surface area contributed by atoms with Crippen LogP contribution in [0.1, 0.15) is 10.4 Å². The van der Waals surface area contributed by atoms with Crippen LogP contribution in [0.25, 0.3) is 10.9 Å². The summed E-state index contributed by atoms with van der Waals surface area (Å²) in [5, 5.41) is 3.94. The molecular formula is C17H22N4O3. The number of aromatic nitrogens is 1.